The maximum absolute atomic E-state index is 13.1. The highest BCUT2D eigenvalue weighted by Crippen LogP contribution is 2.51. The Hall–Kier alpha value is -2.75. The summed E-state index contributed by atoms with van der Waals surface area (Å²) < 4.78 is 4.71. The summed E-state index contributed by atoms with van der Waals surface area (Å²) in [4.78, 5) is 36.8. The number of benzene rings is 2. The lowest BCUT2D eigenvalue weighted by Crippen LogP contribution is -2.41. The number of carbonyl (C=O) groups is 3. The maximum atomic E-state index is 13.1. The van der Waals surface area contributed by atoms with Crippen LogP contribution in [-0.2, 0) is 24.5 Å². The normalized spacial score (nSPS) is 13.8. The Balaban J connectivity index is 2.29. The Labute approximate surface area is 140 Å². The SMILES string of the molecule is COC(=O)C(=O)C1(CCC(C)=O)c2ccccc2-c2ccccc21. The van der Waals surface area contributed by atoms with E-state index < -0.39 is 17.2 Å². The zero-order valence-electron chi connectivity index (χ0n) is 13.7. The molecule has 122 valence electrons. The molecular formula is C20H18O4. The molecule has 0 N–H and O–H groups in total. The largest absolute Gasteiger partial charge is 0.463 e. The second-order valence-corrected chi connectivity index (χ2v) is 6.02. The van der Waals surface area contributed by atoms with E-state index in [-0.39, 0.29) is 18.6 Å². The number of methoxy groups -OCH3 is 1. The van der Waals surface area contributed by atoms with Crippen molar-refractivity contribution in [2.45, 2.75) is 25.2 Å². The lowest BCUT2D eigenvalue weighted by atomic mass is 9.71. The van der Waals surface area contributed by atoms with Gasteiger partial charge in [-0.15, -0.1) is 0 Å². The summed E-state index contributed by atoms with van der Waals surface area (Å²) in [5, 5.41) is 0. The van der Waals surface area contributed by atoms with E-state index in [1.807, 2.05) is 48.5 Å². The van der Waals surface area contributed by atoms with Crippen LogP contribution < -0.4 is 0 Å². The Morgan fingerprint density at radius 1 is 0.917 bits per heavy atom. The molecule has 1 aliphatic carbocycles. The zero-order valence-corrected chi connectivity index (χ0v) is 13.7. The van der Waals surface area contributed by atoms with Crippen LogP contribution >= 0.6 is 0 Å². The van der Waals surface area contributed by atoms with Crippen LogP contribution in [0.1, 0.15) is 30.9 Å². The van der Waals surface area contributed by atoms with Gasteiger partial charge in [-0.3, -0.25) is 4.79 Å². The second kappa shape index (κ2) is 6.04. The van der Waals surface area contributed by atoms with E-state index in [2.05, 4.69) is 0 Å². The smallest absolute Gasteiger partial charge is 0.375 e. The van der Waals surface area contributed by atoms with Crippen molar-refractivity contribution < 1.29 is 19.1 Å². The third-order valence-corrected chi connectivity index (χ3v) is 4.67. The van der Waals surface area contributed by atoms with Crippen LogP contribution in [0, 0.1) is 0 Å². The number of rotatable bonds is 5. The molecule has 0 atom stereocenters. The number of ketones is 2. The zero-order chi connectivity index (χ0) is 17.3. The van der Waals surface area contributed by atoms with E-state index in [4.69, 9.17) is 4.74 Å². The average Bonchev–Trinajstić information content (AvgIpc) is 2.90. The molecule has 0 aliphatic heterocycles. The van der Waals surface area contributed by atoms with Crippen molar-refractivity contribution in [3.63, 3.8) is 0 Å². The van der Waals surface area contributed by atoms with Crippen LogP contribution in [0.5, 0.6) is 0 Å². The van der Waals surface area contributed by atoms with Crippen molar-refractivity contribution in [3.05, 3.63) is 59.7 Å². The Morgan fingerprint density at radius 2 is 1.42 bits per heavy atom. The van der Waals surface area contributed by atoms with Gasteiger partial charge < -0.3 is 9.53 Å². The summed E-state index contributed by atoms with van der Waals surface area (Å²) >= 11 is 0. The first-order valence-electron chi connectivity index (χ1n) is 7.84. The maximum Gasteiger partial charge on any atom is 0.375 e. The van der Waals surface area contributed by atoms with Crippen molar-refractivity contribution >= 4 is 17.5 Å². The first-order chi connectivity index (χ1) is 11.5. The molecule has 0 saturated carbocycles. The van der Waals surface area contributed by atoms with Gasteiger partial charge in [0, 0.05) is 6.42 Å². The standard InChI is InChI=1S/C20H18O4/c1-13(21)11-12-20(18(22)19(23)24-2)16-9-5-3-7-14(16)15-8-4-6-10-17(15)20/h3-10H,11-12H2,1-2H3. The van der Waals surface area contributed by atoms with Crippen molar-refractivity contribution in [3.8, 4) is 11.1 Å². The molecule has 4 heteroatoms. The third-order valence-electron chi connectivity index (χ3n) is 4.67. The minimum atomic E-state index is -1.16. The number of Topliss-reactive ketones (excluding diaryl/α,β-unsaturated/α-hetero) is 2. The molecule has 0 amide bonds. The molecular weight excluding hydrogens is 304 g/mol. The molecule has 0 saturated heterocycles. The van der Waals surface area contributed by atoms with Crippen LogP contribution in [0.15, 0.2) is 48.5 Å². The van der Waals surface area contributed by atoms with Gasteiger partial charge in [-0.05, 0) is 35.6 Å². The van der Waals surface area contributed by atoms with Gasteiger partial charge in [0.1, 0.15) is 5.78 Å². The lowest BCUT2D eigenvalue weighted by molar-refractivity contribution is -0.153. The Morgan fingerprint density at radius 3 is 1.88 bits per heavy atom. The molecule has 0 radical (unpaired) electrons. The lowest BCUT2D eigenvalue weighted by Gasteiger charge is -2.29. The van der Waals surface area contributed by atoms with Crippen molar-refractivity contribution in [2.75, 3.05) is 7.11 Å². The van der Waals surface area contributed by atoms with E-state index in [9.17, 15) is 14.4 Å². The van der Waals surface area contributed by atoms with E-state index in [1.54, 1.807) is 0 Å². The van der Waals surface area contributed by atoms with E-state index in [0.717, 1.165) is 22.3 Å². The predicted molar refractivity (Wildman–Crippen MR) is 89.6 cm³/mol. The van der Waals surface area contributed by atoms with Crippen LogP contribution in [0.3, 0.4) is 0 Å². The molecule has 2 aromatic carbocycles. The molecule has 0 unspecified atom stereocenters. The summed E-state index contributed by atoms with van der Waals surface area (Å²) in [5.41, 5.74) is 2.22. The van der Waals surface area contributed by atoms with E-state index in [0.29, 0.717) is 0 Å². The Kier molecular flexibility index (Phi) is 4.06. The van der Waals surface area contributed by atoms with Gasteiger partial charge in [0.25, 0.3) is 5.78 Å². The number of hydrogen-bond donors (Lipinski definition) is 0. The van der Waals surface area contributed by atoms with Gasteiger partial charge in [0.05, 0.1) is 12.5 Å². The molecule has 0 fully saturated rings. The summed E-state index contributed by atoms with van der Waals surface area (Å²) in [7, 11) is 1.20. The minimum Gasteiger partial charge on any atom is -0.463 e. The molecule has 0 aromatic heterocycles. The topological polar surface area (TPSA) is 60.4 Å². The highest BCUT2D eigenvalue weighted by molar-refractivity contribution is 6.39. The monoisotopic (exact) mass is 322 g/mol. The van der Waals surface area contributed by atoms with Gasteiger partial charge >= 0.3 is 5.97 Å². The molecule has 0 bridgehead atoms. The minimum absolute atomic E-state index is 0.0195. The van der Waals surface area contributed by atoms with Crippen molar-refractivity contribution in [1.82, 2.24) is 0 Å². The van der Waals surface area contributed by atoms with E-state index >= 15 is 0 Å². The molecule has 2 aromatic rings. The van der Waals surface area contributed by atoms with Crippen LogP contribution in [0.2, 0.25) is 0 Å². The van der Waals surface area contributed by atoms with Gasteiger partial charge in [-0.1, -0.05) is 48.5 Å². The average molecular weight is 322 g/mol. The van der Waals surface area contributed by atoms with Crippen LogP contribution in [0.4, 0.5) is 0 Å². The summed E-state index contributed by atoms with van der Waals surface area (Å²) in [6, 6.07) is 15.1. The van der Waals surface area contributed by atoms with Crippen molar-refractivity contribution in [2.24, 2.45) is 0 Å². The van der Waals surface area contributed by atoms with Crippen LogP contribution in [0.25, 0.3) is 11.1 Å². The molecule has 4 nitrogen and oxygen atoms in total. The van der Waals surface area contributed by atoms with Gasteiger partial charge in [-0.2, -0.15) is 0 Å². The van der Waals surface area contributed by atoms with Crippen LogP contribution in [-0.4, -0.2) is 24.6 Å². The fourth-order valence-electron chi connectivity index (χ4n) is 3.58. The van der Waals surface area contributed by atoms with Gasteiger partial charge in [-0.25, -0.2) is 4.79 Å². The number of carbonyl (C=O) groups excluding carboxylic acids is 3. The number of esters is 1. The second-order valence-electron chi connectivity index (χ2n) is 6.02. The fraction of sp³-hybridized carbons (Fsp3) is 0.250. The molecule has 24 heavy (non-hydrogen) atoms. The first-order valence-corrected chi connectivity index (χ1v) is 7.84. The number of fused-ring (bicyclic) bond motifs is 3. The summed E-state index contributed by atoms with van der Waals surface area (Å²) in [5.74, 6) is -1.53. The Bertz CT molecular complexity index is 790. The summed E-state index contributed by atoms with van der Waals surface area (Å²) in [6.07, 6.45) is 0.468. The third kappa shape index (κ3) is 2.26. The molecule has 0 spiro atoms. The van der Waals surface area contributed by atoms with Gasteiger partial charge in [0.2, 0.25) is 0 Å². The van der Waals surface area contributed by atoms with E-state index in [1.165, 1.54) is 14.0 Å². The van der Waals surface area contributed by atoms with Crippen molar-refractivity contribution in [1.29, 1.82) is 0 Å². The number of ether oxygens (including phenoxy) is 1. The predicted octanol–water partition coefficient (Wildman–Crippen LogP) is 3.06. The van der Waals surface area contributed by atoms with Gasteiger partial charge in [0.15, 0.2) is 0 Å². The fourth-order valence-corrected chi connectivity index (χ4v) is 3.58. The molecule has 3 rings (SSSR count). The highest BCUT2D eigenvalue weighted by atomic mass is 16.5. The quantitative estimate of drug-likeness (QED) is 0.627. The molecule has 1 aliphatic rings. The first kappa shape index (κ1) is 16.1. The highest BCUT2D eigenvalue weighted by Gasteiger charge is 2.51. The number of hydrogen-bond acceptors (Lipinski definition) is 4. The summed E-state index contributed by atoms with van der Waals surface area (Å²) in [6.45, 7) is 1.49. The molecule has 0 heterocycles.